The van der Waals surface area contributed by atoms with Crippen LogP contribution >= 0.6 is 0 Å². The molecule has 1 heterocycles. The van der Waals surface area contributed by atoms with Gasteiger partial charge in [0.15, 0.2) is 5.54 Å². The first-order valence-corrected chi connectivity index (χ1v) is 6.98. The molecule has 1 aromatic carbocycles. The van der Waals surface area contributed by atoms with Crippen LogP contribution in [0.15, 0.2) is 30.3 Å². The predicted octanol–water partition coefficient (Wildman–Crippen LogP) is 0.990. The average Bonchev–Trinajstić information content (AvgIpc) is 2.84. The van der Waals surface area contributed by atoms with E-state index < -0.39 is 17.5 Å². The highest BCUT2D eigenvalue weighted by Gasteiger charge is 2.37. The normalized spacial score (nSPS) is 21.5. The van der Waals surface area contributed by atoms with Crippen LogP contribution in [-0.4, -0.2) is 48.2 Å². The van der Waals surface area contributed by atoms with Crippen molar-refractivity contribution in [2.24, 2.45) is 0 Å². The molecule has 0 aromatic heterocycles. The van der Waals surface area contributed by atoms with Gasteiger partial charge in [0.2, 0.25) is 0 Å². The molecule has 114 valence electrons. The van der Waals surface area contributed by atoms with Crippen LogP contribution < -0.4 is 10.6 Å². The molecule has 0 aliphatic carbocycles. The molecule has 1 saturated heterocycles. The van der Waals surface area contributed by atoms with Crippen LogP contribution in [0.2, 0.25) is 0 Å². The minimum atomic E-state index is -1.45. The summed E-state index contributed by atoms with van der Waals surface area (Å²) in [5.41, 5.74) is -0.910. The van der Waals surface area contributed by atoms with Crippen molar-refractivity contribution in [1.29, 1.82) is 0 Å². The second-order valence-corrected chi connectivity index (χ2v) is 5.64. The minimum Gasteiger partial charge on any atom is -0.479 e. The van der Waals surface area contributed by atoms with Crippen LogP contribution in [0.5, 0.6) is 0 Å². The Morgan fingerprint density at radius 1 is 1.33 bits per heavy atom. The highest BCUT2D eigenvalue weighted by atomic mass is 16.4. The highest BCUT2D eigenvalue weighted by molar-refractivity contribution is 5.87. The van der Waals surface area contributed by atoms with Crippen LogP contribution in [-0.2, 0) is 10.3 Å². The number of hydrogen-bond acceptors (Lipinski definition) is 3. The van der Waals surface area contributed by atoms with Crippen LogP contribution in [0.1, 0.15) is 18.9 Å². The first kappa shape index (κ1) is 15.3. The SMILES string of the molecule is CN1CCC(NC(=O)NC(C)(C(=O)O)c2ccccc2)C1. The van der Waals surface area contributed by atoms with Crippen LogP contribution in [0.4, 0.5) is 4.79 Å². The van der Waals surface area contributed by atoms with Gasteiger partial charge >= 0.3 is 12.0 Å². The third-order valence-electron chi connectivity index (χ3n) is 3.87. The fourth-order valence-corrected chi connectivity index (χ4v) is 2.52. The zero-order chi connectivity index (χ0) is 15.5. The number of nitrogens with zero attached hydrogens (tertiary/aromatic N) is 1. The van der Waals surface area contributed by atoms with Crippen LogP contribution in [0.3, 0.4) is 0 Å². The van der Waals surface area contributed by atoms with E-state index in [9.17, 15) is 14.7 Å². The first-order valence-electron chi connectivity index (χ1n) is 6.98. The molecule has 0 saturated carbocycles. The van der Waals surface area contributed by atoms with E-state index in [1.807, 2.05) is 7.05 Å². The van der Waals surface area contributed by atoms with E-state index in [4.69, 9.17) is 0 Å². The molecule has 6 nitrogen and oxygen atoms in total. The maximum absolute atomic E-state index is 12.1. The molecule has 21 heavy (non-hydrogen) atoms. The summed E-state index contributed by atoms with van der Waals surface area (Å²) in [4.78, 5) is 25.8. The van der Waals surface area contributed by atoms with Crippen molar-refractivity contribution in [3.63, 3.8) is 0 Å². The highest BCUT2D eigenvalue weighted by Crippen LogP contribution is 2.20. The smallest absolute Gasteiger partial charge is 0.333 e. The summed E-state index contributed by atoms with van der Waals surface area (Å²) in [6, 6.07) is 8.30. The lowest BCUT2D eigenvalue weighted by molar-refractivity contribution is -0.144. The number of hydrogen-bond donors (Lipinski definition) is 3. The van der Waals surface area contributed by atoms with E-state index >= 15 is 0 Å². The summed E-state index contributed by atoms with van der Waals surface area (Å²) >= 11 is 0. The molecule has 2 amide bonds. The van der Waals surface area contributed by atoms with Gasteiger partial charge in [0, 0.05) is 12.6 Å². The van der Waals surface area contributed by atoms with E-state index in [-0.39, 0.29) is 6.04 Å². The third-order valence-corrected chi connectivity index (χ3v) is 3.87. The van der Waals surface area contributed by atoms with Crippen LogP contribution in [0, 0.1) is 0 Å². The van der Waals surface area contributed by atoms with Crippen molar-refractivity contribution < 1.29 is 14.7 Å². The number of likely N-dealkylation sites (tertiary alicyclic amines) is 1. The fourth-order valence-electron chi connectivity index (χ4n) is 2.52. The number of likely N-dealkylation sites (N-methyl/N-ethyl adjacent to an activating group) is 1. The molecular formula is C15H21N3O3. The number of carbonyl (C=O) groups excluding carboxylic acids is 1. The van der Waals surface area contributed by atoms with Crippen LogP contribution in [0.25, 0.3) is 0 Å². The van der Waals surface area contributed by atoms with Crippen molar-refractivity contribution >= 4 is 12.0 Å². The van der Waals surface area contributed by atoms with Gasteiger partial charge in [-0.1, -0.05) is 30.3 Å². The number of rotatable bonds is 4. The minimum absolute atomic E-state index is 0.0591. The zero-order valence-corrected chi connectivity index (χ0v) is 12.3. The van der Waals surface area contributed by atoms with Crippen molar-refractivity contribution in [1.82, 2.24) is 15.5 Å². The van der Waals surface area contributed by atoms with Gasteiger partial charge in [0.05, 0.1) is 0 Å². The second-order valence-electron chi connectivity index (χ2n) is 5.64. The number of urea groups is 1. The summed E-state index contributed by atoms with van der Waals surface area (Å²) in [5.74, 6) is -1.09. The standard InChI is InChI=1S/C15H21N3O3/c1-15(13(19)20,11-6-4-3-5-7-11)17-14(21)16-12-8-9-18(2)10-12/h3-7,12H,8-10H2,1-2H3,(H,19,20)(H2,16,17,21). The number of nitrogens with one attached hydrogen (secondary N) is 2. The van der Waals surface area contributed by atoms with Gasteiger partial charge in [-0.2, -0.15) is 0 Å². The Balaban J connectivity index is 2.06. The lowest BCUT2D eigenvalue weighted by Crippen LogP contribution is -2.54. The van der Waals surface area contributed by atoms with E-state index in [0.29, 0.717) is 5.56 Å². The van der Waals surface area contributed by atoms with Gasteiger partial charge in [0.25, 0.3) is 0 Å². The second kappa shape index (κ2) is 6.13. The molecule has 2 atom stereocenters. The fraction of sp³-hybridized carbons (Fsp3) is 0.467. The maximum atomic E-state index is 12.1. The number of carboxylic acids is 1. The summed E-state index contributed by atoms with van der Waals surface area (Å²) in [6.45, 7) is 3.20. The van der Waals surface area contributed by atoms with E-state index in [2.05, 4.69) is 15.5 Å². The van der Waals surface area contributed by atoms with E-state index in [1.54, 1.807) is 30.3 Å². The molecule has 2 rings (SSSR count). The Morgan fingerprint density at radius 2 is 2.00 bits per heavy atom. The summed E-state index contributed by atoms with van der Waals surface area (Å²) in [5, 5.41) is 14.9. The number of benzene rings is 1. The van der Waals surface area contributed by atoms with Gasteiger partial charge in [-0.05, 0) is 32.5 Å². The van der Waals surface area contributed by atoms with E-state index in [1.165, 1.54) is 6.92 Å². The Bertz CT molecular complexity index is 520. The van der Waals surface area contributed by atoms with Gasteiger partial charge in [-0.25, -0.2) is 9.59 Å². The quantitative estimate of drug-likeness (QED) is 0.772. The number of carbonyl (C=O) groups is 2. The van der Waals surface area contributed by atoms with E-state index in [0.717, 1.165) is 19.5 Å². The number of aliphatic carboxylic acids is 1. The zero-order valence-electron chi connectivity index (χ0n) is 12.3. The van der Waals surface area contributed by atoms with Crippen molar-refractivity contribution in [2.45, 2.75) is 24.9 Å². The van der Waals surface area contributed by atoms with Gasteiger partial charge in [0.1, 0.15) is 0 Å². The molecule has 0 bridgehead atoms. The molecular weight excluding hydrogens is 270 g/mol. The lowest BCUT2D eigenvalue weighted by Gasteiger charge is -2.27. The average molecular weight is 291 g/mol. The molecule has 3 N–H and O–H groups in total. The summed E-state index contributed by atoms with van der Waals surface area (Å²) in [6.07, 6.45) is 0.874. The molecule has 1 aromatic rings. The summed E-state index contributed by atoms with van der Waals surface area (Å²) < 4.78 is 0. The molecule has 6 heteroatoms. The molecule has 0 radical (unpaired) electrons. The summed E-state index contributed by atoms with van der Waals surface area (Å²) in [7, 11) is 1.99. The maximum Gasteiger partial charge on any atom is 0.333 e. The van der Waals surface area contributed by atoms with Crippen molar-refractivity contribution in [3.05, 3.63) is 35.9 Å². The van der Waals surface area contributed by atoms with Gasteiger partial charge in [-0.15, -0.1) is 0 Å². The first-order chi connectivity index (χ1) is 9.91. The van der Waals surface area contributed by atoms with Crippen molar-refractivity contribution in [2.75, 3.05) is 20.1 Å². The number of amides is 2. The molecule has 1 fully saturated rings. The Hall–Kier alpha value is -2.08. The predicted molar refractivity (Wildman–Crippen MR) is 79.0 cm³/mol. The molecule has 2 unspecified atom stereocenters. The third kappa shape index (κ3) is 3.52. The largest absolute Gasteiger partial charge is 0.479 e. The lowest BCUT2D eigenvalue weighted by atomic mass is 9.92. The van der Waals surface area contributed by atoms with Gasteiger partial charge in [-0.3, -0.25) is 0 Å². The Kier molecular flexibility index (Phi) is 4.47. The van der Waals surface area contributed by atoms with Crippen molar-refractivity contribution in [3.8, 4) is 0 Å². The Morgan fingerprint density at radius 3 is 2.52 bits per heavy atom. The van der Waals surface area contributed by atoms with Gasteiger partial charge < -0.3 is 20.6 Å². The molecule has 1 aliphatic heterocycles. The monoisotopic (exact) mass is 291 g/mol. The molecule has 0 spiro atoms. The Labute approximate surface area is 124 Å². The topological polar surface area (TPSA) is 81.7 Å². The number of carboxylic acid groups (broad SMARTS) is 1. The molecule has 1 aliphatic rings.